The Hall–Kier alpha value is -2.62. The number of fused-ring (bicyclic) bond motifs is 1. The molecule has 1 unspecified atom stereocenters. The highest BCUT2D eigenvalue weighted by atomic mass is 19.1. The standard InChI is InChI=1S/C19H18FNO2/c1-13-11-15-5-3-4-6-17(15)21(13)19(22)10-8-14-7-9-18(23-2)16(20)12-14/h3-10,12-13H,11H2,1-2H3/b10-8+. The summed E-state index contributed by atoms with van der Waals surface area (Å²) in [5.74, 6) is -0.351. The maximum absolute atomic E-state index is 13.7. The minimum absolute atomic E-state index is 0.0984. The molecule has 1 aliphatic heterocycles. The molecule has 3 nitrogen and oxygen atoms in total. The van der Waals surface area contributed by atoms with Crippen LogP contribution in [0.3, 0.4) is 0 Å². The number of nitrogens with zero attached hydrogens (tertiary/aromatic N) is 1. The van der Waals surface area contributed by atoms with Crippen LogP contribution in [0, 0.1) is 5.82 Å². The lowest BCUT2D eigenvalue weighted by Crippen LogP contribution is -2.34. The first kappa shape index (κ1) is 15.3. The lowest BCUT2D eigenvalue weighted by atomic mass is 10.1. The van der Waals surface area contributed by atoms with E-state index in [2.05, 4.69) is 0 Å². The maximum atomic E-state index is 13.7. The van der Waals surface area contributed by atoms with Crippen molar-refractivity contribution in [2.45, 2.75) is 19.4 Å². The molecule has 1 heterocycles. The Morgan fingerprint density at radius 2 is 2.09 bits per heavy atom. The molecule has 0 spiro atoms. The van der Waals surface area contributed by atoms with Crippen LogP contribution < -0.4 is 9.64 Å². The second-order valence-electron chi connectivity index (χ2n) is 5.62. The third kappa shape index (κ3) is 2.97. The first-order chi connectivity index (χ1) is 11.1. The molecule has 0 N–H and O–H groups in total. The molecule has 0 radical (unpaired) electrons. The fourth-order valence-corrected chi connectivity index (χ4v) is 2.94. The van der Waals surface area contributed by atoms with Crippen molar-refractivity contribution in [2.75, 3.05) is 12.0 Å². The van der Waals surface area contributed by atoms with Gasteiger partial charge in [-0.25, -0.2) is 4.39 Å². The summed E-state index contributed by atoms with van der Waals surface area (Å²) in [5, 5.41) is 0. The zero-order valence-corrected chi connectivity index (χ0v) is 13.1. The third-order valence-electron chi connectivity index (χ3n) is 4.04. The van der Waals surface area contributed by atoms with Gasteiger partial charge in [-0.05, 0) is 48.7 Å². The SMILES string of the molecule is COc1ccc(/C=C/C(=O)N2c3ccccc3CC2C)cc1F. The van der Waals surface area contributed by atoms with Crippen LogP contribution in [-0.4, -0.2) is 19.1 Å². The first-order valence-corrected chi connectivity index (χ1v) is 7.53. The van der Waals surface area contributed by atoms with Crippen molar-refractivity contribution >= 4 is 17.7 Å². The summed E-state index contributed by atoms with van der Waals surface area (Å²) in [5.41, 5.74) is 2.75. The zero-order chi connectivity index (χ0) is 16.4. The molecule has 118 valence electrons. The number of hydrogen-bond donors (Lipinski definition) is 0. The van der Waals surface area contributed by atoms with E-state index in [9.17, 15) is 9.18 Å². The summed E-state index contributed by atoms with van der Waals surface area (Å²) in [6, 6.07) is 12.6. The van der Waals surface area contributed by atoms with Crippen molar-refractivity contribution < 1.29 is 13.9 Å². The molecule has 0 saturated carbocycles. The van der Waals surface area contributed by atoms with Gasteiger partial charge in [0.25, 0.3) is 5.91 Å². The summed E-state index contributed by atoms with van der Waals surface area (Å²) in [6.07, 6.45) is 3.96. The van der Waals surface area contributed by atoms with Crippen LogP contribution in [0.15, 0.2) is 48.5 Å². The fraction of sp³-hybridized carbons (Fsp3) is 0.211. The quantitative estimate of drug-likeness (QED) is 0.806. The van der Waals surface area contributed by atoms with Crippen molar-refractivity contribution in [3.63, 3.8) is 0 Å². The topological polar surface area (TPSA) is 29.5 Å². The first-order valence-electron chi connectivity index (χ1n) is 7.53. The maximum Gasteiger partial charge on any atom is 0.251 e. The summed E-state index contributed by atoms with van der Waals surface area (Å²) in [4.78, 5) is 14.3. The van der Waals surface area contributed by atoms with E-state index < -0.39 is 5.82 Å². The molecule has 0 aliphatic carbocycles. The van der Waals surface area contributed by atoms with Gasteiger partial charge in [0.2, 0.25) is 0 Å². The number of carbonyl (C=O) groups is 1. The summed E-state index contributed by atoms with van der Waals surface area (Å²) in [7, 11) is 1.42. The van der Waals surface area contributed by atoms with Gasteiger partial charge in [0.15, 0.2) is 11.6 Å². The second-order valence-corrected chi connectivity index (χ2v) is 5.62. The Morgan fingerprint density at radius 1 is 1.30 bits per heavy atom. The van der Waals surface area contributed by atoms with Gasteiger partial charge in [-0.1, -0.05) is 24.3 Å². The predicted molar refractivity (Wildman–Crippen MR) is 89.1 cm³/mol. The predicted octanol–water partition coefficient (Wildman–Crippen LogP) is 3.83. The Balaban J connectivity index is 1.80. The number of halogens is 1. The Morgan fingerprint density at radius 3 is 2.83 bits per heavy atom. The van der Waals surface area contributed by atoms with Gasteiger partial charge < -0.3 is 9.64 Å². The van der Waals surface area contributed by atoms with E-state index in [1.165, 1.54) is 24.8 Å². The van der Waals surface area contributed by atoms with E-state index in [-0.39, 0.29) is 17.7 Å². The van der Waals surface area contributed by atoms with Gasteiger partial charge in [0.05, 0.1) is 7.11 Å². The normalized spacial score (nSPS) is 16.7. The molecule has 4 heteroatoms. The van der Waals surface area contributed by atoms with Crippen LogP contribution in [0.5, 0.6) is 5.75 Å². The average Bonchev–Trinajstić information content (AvgIpc) is 2.88. The van der Waals surface area contributed by atoms with Crippen LogP contribution in [-0.2, 0) is 11.2 Å². The lowest BCUT2D eigenvalue weighted by Gasteiger charge is -2.20. The average molecular weight is 311 g/mol. The molecule has 23 heavy (non-hydrogen) atoms. The van der Waals surface area contributed by atoms with Gasteiger partial charge >= 0.3 is 0 Å². The van der Waals surface area contributed by atoms with Crippen LogP contribution in [0.2, 0.25) is 0 Å². The molecule has 1 atom stereocenters. The second kappa shape index (κ2) is 6.24. The number of carbonyl (C=O) groups excluding carboxylic acids is 1. The highest BCUT2D eigenvalue weighted by Crippen LogP contribution is 2.32. The Bertz CT molecular complexity index is 770. The number of amides is 1. The van der Waals surface area contributed by atoms with E-state index in [0.29, 0.717) is 5.56 Å². The van der Waals surface area contributed by atoms with Gasteiger partial charge in [0.1, 0.15) is 0 Å². The van der Waals surface area contributed by atoms with E-state index in [1.54, 1.807) is 23.1 Å². The number of hydrogen-bond acceptors (Lipinski definition) is 2. The molecule has 0 saturated heterocycles. The number of anilines is 1. The largest absolute Gasteiger partial charge is 0.494 e. The monoisotopic (exact) mass is 311 g/mol. The van der Waals surface area contributed by atoms with Gasteiger partial charge in [0, 0.05) is 17.8 Å². The minimum Gasteiger partial charge on any atom is -0.494 e. The molecule has 1 aliphatic rings. The number of rotatable bonds is 3. The van der Waals surface area contributed by atoms with E-state index >= 15 is 0 Å². The highest BCUT2D eigenvalue weighted by molar-refractivity contribution is 6.05. The summed E-state index contributed by atoms with van der Waals surface area (Å²) in [6.45, 7) is 2.03. The third-order valence-corrected chi connectivity index (χ3v) is 4.04. The van der Waals surface area contributed by atoms with Crippen molar-refractivity contribution in [3.8, 4) is 5.75 Å². The van der Waals surface area contributed by atoms with E-state index in [1.807, 2.05) is 31.2 Å². The Kier molecular flexibility index (Phi) is 4.15. The molecule has 2 aromatic rings. The van der Waals surface area contributed by atoms with Crippen LogP contribution >= 0.6 is 0 Å². The summed E-state index contributed by atoms with van der Waals surface area (Å²) >= 11 is 0. The minimum atomic E-state index is -0.443. The van der Waals surface area contributed by atoms with Crippen LogP contribution in [0.4, 0.5) is 10.1 Å². The molecule has 0 aromatic heterocycles. The molecular weight excluding hydrogens is 293 g/mol. The molecule has 2 aromatic carbocycles. The Labute approximate surface area is 135 Å². The van der Waals surface area contributed by atoms with Gasteiger partial charge in [-0.2, -0.15) is 0 Å². The van der Waals surface area contributed by atoms with Gasteiger partial charge in [-0.15, -0.1) is 0 Å². The van der Waals surface area contributed by atoms with E-state index in [4.69, 9.17) is 4.74 Å². The smallest absolute Gasteiger partial charge is 0.251 e. The molecular formula is C19H18FNO2. The number of benzene rings is 2. The highest BCUT2D eigenvalue weighted by Gasteiger charge is 2.29. The van der Waals surface area contributed by atoms with Crippen LogP contribution in [0.1, 0.15) is 18.1 Å². The number of para-hydroxylation sites is 1. The van der Waals surface area contributed by atoms with Crippen molar-refractivity contribution in [2.24, 2.45) is 0 Å². The lowest BCUT2D eigenvalue weighted by molar-refractivity contribution is -0.114. The number of ether oxygens (including phenoxy) is 1. The van der Waals surface area contributed by atoms with Crippen LogP contribution in [0.25, 0.3) is 6.08 Å². The number of methoxy groups -OCH3 is 1. The van der Waals surface area contributed by atoms with Crippen molar-refractivity contribution in [1.82, 2.24) is 0 Å². The van der Waals surface area contributed by atoms with Crippen molar-refractivity contribution in [3.05, 3.63) is 65.5 Å². The van der Waals surface area contributed by atoms with E-state index in [0.717, 1.165) is 12.1 Å². The van der Waals surface area contributed by atoms with Gasteiger partial charge in [-0.3, -0.25) is 4.79 Å². The molecule has 0 fully saturated rings. The summed E-state index contributed by atoms with van der Waals surface area (Å²) < 4.78 is 18.6. The molecule has 0 bridgehead atoms. The van der Waals surface area contributed by atoms with Crippen molar-refractivity contribution in [1.29, 1.82) is 0 Å². The molecule has 1 amide bonds. The fourth-order valence-electron chi connectivity index (χ4n) is 2.94. The zero-order valence-electron chi connectivity index (χ0n) is 13.1. The molecule has 3 rings (SSSR count).